The Morgan fingerprint density at radius 3 is 2.71 bits per heavy atom. The predicted octanol–water partition coefficient (Wildman–Crippen LogP) is 1.23. The van der Waals surface area contributed by atoms with Crippen LogP contribution >= 0.6 is 10.7 Å². The predicted molar refractivity (Wildman–Crippen MR) is 71.5 cm³/mol. The van der Waals surface area contributed by atoms with Crippen molar-refractivity contribution in [3.63, 3.8) is 0 Å². The van der Waals surface area contributed by atoms with Crippen LogP contribution in [0.15, 0.2) is 29.4 Å². The lowest BCUT2D eigenvalue weighted by molar-refractivity contribution is -0.385. The molecule has 21 heavy (non-hydrogen) atoms. The molecule has 1 heterocycles. The van der Waals surface area contributed by atoms with E-state index in [-0.39, 0.29) is 12.4 Å². The van der Waals surface area contributed by atoms with E-state index in [9.17, 15) is 18.5 Å². The van der Waals surface area contributed by atoms with Gasteiger partial charge in [0.2, 0.25) is 0 Å². The number of ether oxygens (including phenoxy) is 1. The standard InChI is InChI=1S/C10H9ClN4O5S/c1-14-6-12-13-10(14)5-20-8-3-2-7(15(16)17)4-9(8)21(11,18)19/h2-4,6H,5H2,1H3. The van der Waals surface area contributed by atoms with Crippen molar-refractivity contribution in [2.24, 2.45) is 7.05 Å². The number of non-ortho nitro benzene ring substituents is 1. The minimum Gasteiger partial charge on any atom is -0.484 e. The number of nitro benzene ring substituents is 1. The summed E-state index contributed by atoms with van der Waals surface area (Å²) < 4.78 is 29.9. The van der Waals surface area contributed by atoms with Gasteiger partial charge in [0.15, 0.2) is 5.82 Å². The quantitative estimate of drug-likeness (QED) is 0.459. The van der Waals surface area contributed by atoms with Gasteiger partial charge in [0, 0.05) is 29.9 Å². The molecular weight excluding hydrogens is 324 g/mol. The normalized spacial score (nSPS) is 11.3. The smallest absolute Gasteiger partial charge is 0.271 e. The molecule has 112 valence electrons. The van der Waals surface area contributed by atoms with Crippen molar-refractivity contribution < 1.29 is 18.1 Å². The Morgan fingerprint density at radius 1 is 1.48 bits per heavy atom. The summed E-state index contributed by atoms with van der Waals surface area (Å²) in [6, 6.07) is 3.13. The highest BCUT2D eigenvalue weighted by molar-refractivity contribution is 8.13. The number of nitrogens with zero attached hydrogens (tertiary/aromatic N) is 4. The number of hydrogen-bond donors (Lipinski definition) is 0. The molecule has 0 radical (unpaired) electrons. The maximum atomic E-state index is 11.5. The average Bonchev–Trinajstić information content (AvgIpc) is 2.80. The molecule has 0 atom stereocenters. The van der Waals surface area contributed by atoms with Gasteiger partial charge in [-0.05, 0) is 6.07 Å². The molecule has 0 aliphatic rings. The maximum Gasteiger partial charge on any atom is 0.271 e. The molecule has 0 N–H and O–H groups in total. The van der Waals surface area contributed by atoms with E-state index in [0.717, 1.165) is 12.1 Å². The summed E-state index contributed by atoms with van der Waals surface area (Å²) >= 11 is 0. The van der Waals surface area contributed by atoms with Gasteiger partial charge in [-0.25, -0.2) is 8.42 Å². The van der Waals surface area contributed by atoms with Crippen LogP contribution in [0.2, 0.25) is 0 Å². The van der Waals surface area contributed by atoms with Crippen molar-refractivity contribution in [3.8, 4) is 5.75 Å². The SMILES string of the molecule is Cn1cnnc1COc1ccc([N+](=O)[O-])cc1S(=O)(=O)Cl. The van der Waals surface area contributed by atoms with E-state index < -0.39 is 24.6 Å². The van der Waals surface area contributed by atoms with E-state index in [4.69, 9.17) is 15.4 Å². The molecule has 0 saturated carbocycles. The van der Waals surface area contributed by atoms with Crippen molar-refractivity contribution in [2.45, 2.75) is 11.5 Å². The van der Waals surface area contributed by atoms with E-state index in [0.29, 0.717) is 5.82 Å². The third kappa shape index (κ3) is 3.47. The first-order valence-electron chi connectivity index (χ1n) is 5.48. The summed E-state index contributed by atoms with van der Waals surface area (Å²) in [5, 5.41) is 18.1. The number of halogens is 1. The highest BCUT2D eigenvalue weighted by Crippen LogP contribution is 2.31. The lowest BCUT2D eigenvalue weighted by Gasteiger charge is -2.09. The number of nitro groups is 1. The summed E-state index contributed by atoms with van der Waals surface area (Å²) in [4.78, 5) is 9.49. The molecule has 1 aromatic heterocycles. The van der Waals surface area contributed by atoms with Gasteiger partial charge in [-0.3, -0.25) is 10.1 Å². The molecule has 0 unspecified atom stereocenters. The number of rotatable bonds is 5. The van der Waals surface area contributed by atoms with Gasteiger partial charge >= 0.3 is 0 Å². The first-order valence-corrected chi connectivity index (χ1v) is 7.79. The fourth-order valence-electron chi connectivity index (χ4n) is 1.50. The zero-order valence-electron chi connectivity index (χ0n) is 10.6. The summed E-state index contributed by atoms with van der Waals surface area (Å²) in [5.41, 5.74) is -0.403. The maximum absolute atomic E-state index is 11.5. The van der Waals surface area contributed by atoms with Gasteiger partial charge in [-0.2, -0.15) is 0 Å². The van der Waals surface area contributed by atoms with E-state index >= 15 is 0 Å². The Kier molecular flexibility index (Phi) is 4.09. The molecule has 0 spiro atoms. The molecule has 0 aliphatic carbocycles. The van der Waals surface area contributed by atoms with Crippen LogP contribution in [0.4, 0.5) is 5.69 Å². The Balaban J connectivity index is 2.35. The second-order valence-electron chi connectivity index (χ2n) is 3.97. The van der Waals surface area contributed by atoms with Gasteiger partial charge < -0.3 is 9.30 Å². The van der Waals surface area contributed by atoms with Gasteiger partial charge in [0.05, 0.1) is 4.92 Å². The molecule has 2 rings (SSSR count). The van der Waals surface area contributed by atoms with E-state index in [1.165, 1.54) is 12.4 Å². The van der Waals surface area contributed by atoms with Crippen LogP contribution in [0.5, 0.6) is 5.75 Å². The van der Waals surface area contributed by atoms with Crippen LogP contribution in [-0.2, 0) is 22.7 Å². The molecule has 0 fully saturated rings. The number of aromatic nitrogens is 3. The van der Waals surface area contributed by atoms with Crippen molar-refractivity contribution in [3.05, 3.63) is 40.5 Å². The van der Waals surface area contributed by atoms with E-state index in [1.54, 1.807) is 11.6 Å². The second-order valence-corrected chi connectivity index (χ2v) is 6.51. The van der Waals surface area contributed by atoms with Gasteiger partial charge in [0.1, 0.15) is 23.6 Å². The summed E-state index contributed by atoms with van der Waals surface area (Å²) in [6.45, 7) is -0.0618. The zero-order valence-corrected chi connectivity index (χ0v) is 12.2. The fraction of sp³-hybridized carbons (Fsp3) is 0.200. The van der Waals surface area contributed by atoms with Gasteiger partial charge in [-0.1, -0.05) is 0 Å². The van der Waals surface area contributed by atoms with Crippen LogP contribution in [0.1, 0.15) is 5.82 Å². The Bertz CT molecular complexity index is 788. The molecule has 0 bridgehead atoms. The number of benzene rings is 1. The van der Waals surface area contributed by atoms with Crippen molar-refractivity contribution in [1.29, 1.82) is 0 Å². The molecule has 0 amide bonds. The third-order valence-corrected chi connectivity index (χ3v) is 3.91. The Hall–Kier alpha value is -2.20. The van der Waals surface area contributed by atoms with Crippen LogP contribution in [-0.4, -0.2) is 28.1 Å². The molecule has 9 nitrogen and oxygen atoms in total. The lowest BCUT2D eigenvalue weighted by Crippen LogP contribution is -2.05. The van der Waals surface area contributed by atoms with Crippen LogP contribution in [0, 0.1) is 10.1 Å². The van der Waals surface area contributed by atoms with Crippen LogP contribution in [0.25, 0.3) is 0 Å². The zero-order chi connectivity index (χ0) is 15.6. The van der Waals surface area contributed by atoms with E-state index in [2.05, 4.69) is 10.2 Å². The average molecular weight is 333 g/mol. The summed E-state index contributed by atoms with van der Waals surface area (Å²) in [6.07, 6.45) is 1.45. The van der Waals surface area contributed by atoms with E-state index in [1.807, 2.05) is 0 Å². The first kappa shape index (κ1) is 15.2. The molecular formula is C10H9ClN4O5S. The minimum absolute atomic E-state index is 0.0618. The van der Waals surface area contributed by atoms with Crippen molar-refractivity contribution in [1.82, 2.24) is 14.8 Å². The fourth-order valence-corrected chi connectivity index (χ4v) is 2.49. The van der Waals surface area contributed by atoms with Crippen LogP contribution in [0.3, 0.4) is 0 Å². The van der Waals surface area contributed by atoms with Crippen molar-refractivity contribution >= 4 is 25.4 Å². The van der Waals surface area contributed by atoms with Crippen molar-refractivity contribution in [2.75, 3.05) is 0 Å². The largest absolute Gasteiger partial charge is 0.484 e. The second kappa shape index (κ2) is 5.66. The van der Waals surface area contributed by atoms with Gasteiger partial charge in [-0.15, -0.1) is 10.2 Å². The summed E-state index contributed by atoms with van der Waals surface area (Å²) in [5.74, 6) is 0.352. The molecule has 1 aromatic carbocycles. The Morgan fingerprint density at radius 2 is 2.19 bits per heavy atom. The number of aryl methyl sites for hydroxylation is 1. The minimum atomic E-state index is -4.19. The van der Waals surface area contributed by atoms with Gasteiger partial charge in [0.25, 0.3) is 14.7 Å². The lowest BCUT2D eigenvalue weighted by atomic mass is 10.3. The highest BCUT2D eigenvalue weighted by atomic mass is 35.7. The highest BCUT2D eigenvalue weighted by Gasteiger charge is 2.21. The van der Waals surface area contributed by atoms with Crippen LogP contribution < -0.4 is 4.74 Å². The summed E-state index contributed by atoms with van der Waals surface area (Å²) in [7, 11) is 2.77. The topological polar surface area (TPSA) is 117 Å². The Labute approximate surface area is 123 Å². The molecule has 0 aliphatic heterocycles. The molecule has 0 saturated heterocycles. The molecule has 11 heteroatoms. The number of hydrogen-bond acceptors (Lipinski definition) is 7. The molecule has 2 aromatic rings. The first-order chi connectivity index (χ1) is 9.79. The monoisotopic (exact) mass is 332 g/mol. The third-order valence-electron chi connectivity index (χ3n) is 2.56.